The minimum absolute atomic E-state index is 0.0119. The van der Waals surface area contributed by atoms with Crippen LogP contribution in [0.3, 0.4) is 0 Å². The largest absolute Gasteiger partial charge is 0.377 e. The number of nitrogens with zero attached hydrogens (tertiary/aromatic N) is 1. The molecule has 3 nitrogen and oxygen atoms in total. The van der Waals surface area contributed by atoms with Gasteiger partial charge < -0.3 is 4.74 Å². The van der Waals surface area contributed by atoms with Crippen LogP contribution in [-0.2, 0) is 4.74 Å². The topological polar surface area (TPSA) is 45.0 Å². The van der Waals surface area contributed by atoms with Crippen LogP contribution >= 0.6 is 0 Å². The van der Waals surface area contributed by atoms with Crippen molar-refractivity contribution in [3.63, 3.8) is 0 Å². The van der Waals surface area contributed by atoms with Crippen LogP contribution in [0.4, 0.5) is 0 Å². The summed E-state index contributed by atoms with van der Waals surface area (Å²) in [6.45, 7) is 3.55. The van der Waals surface area contributed by atoms with Crippen LogP contribution in [0.15, 0.2) is 0 Å². The van der Waals surface area contributed by atoms with Gasteiger partial charge in [-0.2, -0.15) is 5.26 Å². The molecule has 3 heteroatoms. The van der Waals surface area contributed by atoms with Gasteiger partial charge in [-0.1, -0.05) is 19.8 Å². The lowest BCUT2D eigenvalue weighted by molar-refractivity contribution is 0.0597. The third-order valence-electron chi connectivity index (χ3n) is 2.71. The first kappa shape index (κ1) is 11.5. The van der Waals surface area contributed by atoms with E-state index in [1.54, 1.807) is 0 Å². The van der Waals surface area contributed by atoms with Crippen molar-refractivity contribution in [1.29, 1.82) is 5.26 Å². The van der Waals surface area contributed by atoms with E-state index in [2.05, 4.69) is 11.4 Å². The Hall–Kier alpha value is -0.590. The molecule has 1 atom stereocenters. The number of rotatable bonds is 6. The predicted octanol–water partition coefficient (Wildman–Crippen LogP) is 1.84. The zero-order valence-electron chi connectivity index (χ0n) is 8.96. The second-order valence-corrected chi connectivity index (χ2v) is 3.82. The zero-order valence-corrected chi connectivity index (χ0v) is 8.96. The summed E-state index contributed by atoms with van der Waals surface area (Å²) in [6.07, 6.45) is 6.41. The molecule has 1 saturated carbocycles. The van der Waals surface area contributed by atoms with Crippen molar-refractivity contribution in [3.05, 3.63) is 0 Å². The molecule has 1 rings (SSSR count). The molecule has 1 N–H and O–H groups in total. The highest BCUT2D eigenvalue weighted by atomic mass is 16.5. The van der Waals surface area contributed by atoms with Crippen molar-refractivity contribution < 1.29 is 4.74 Å². The molecule has 1 unspecified atom stereocenters. The Morgan fingerprint density at radius 2 is 2.21 bits per heavy atom. The standard InChI is InChI=1S/C11H20N2O/c1-2-10(9-12)13-7-8-14-11-5-3-4-6-11/h10-11,13H,2-8H2,1H3. The Morgan fingerprint density at radius 3 is 2.79 bits per heavy atom. The van der Waals surface area contributed by atoms with Crippen molar-refractivity contribution in [2.75, 3.05) is 13.2 Å². The quantitative estimate of drug-likeness (QED) is 0.659. The van der Waals surface area contributed by atoms with Crippen LogP contribution in [0.5, 0.6) is 0 Å². The van der Waals surface area contributed by atoms with E-state index in [-0.39, 0.29) is 6.04 Å². The minimum Gasteiger partial charge on any atom is -0.377 e. The summed E-state index contributed by atoms with van der Waals surface area (Å²) >= 11 is 0. The van der Waals surface area contributed by atoms with Crippen molar-refractivity contribution in [3.8, 4) is 6.07 Å². The molecule has 0 saturated heterocycles. The molecule has 0 aromatic rings. The molecule has 1 aliphatic rings. The number of ether oxygens (including phenoxy) is 1. The first-order chi connectivity index (χ1) is 6.86. The molecule has 1 fully saturated rings. The molecule has 0 bridgehead atoms. The first-order valence-corrected chi connectivity index (χ1v) is 5.61. The van der Waals surface area contributed by atoms with Gasteiger partial charge in [-0.25, -0.2) is 0 Å². The lowest BCUT2D eigenvalue weighted by Gasteiger charge is -2.12. The number of hydrogen-bond donors (Lipinski definition) is 1. The van der Waals surface area contributed by atoms with E-state index in [9.17, 15) is 0 Å². The highest BCUT2D eigenvalue weighted by Gasteiger charge is 2.14. The van der Waals surface area contributed by atoms with Gasteiger partial charge in [0.2, 0.25) is 0 Å². The molecule has 0 amide bonds. The van der Waals surface area contributed by atoms with Crippen LogP contribution in [0, 0.1) is 11.3 Å². The molecule has 14 heavy (non-hydrogen) atoms. The molecule has 0 aromatic carbocycles. The lowest BCUT2D eigenvalue weighted by atomic mass is 10.2. The Morgan fingerprint density at radius 1 is 1.50 bits per heavy atom. The molecule has 0 radical (unpaired) electrons. The number of hydrogen-bond acceptors (Lipinski definition) is 3. The lowest BCUT2D eigenvalue weighted by Crippen LogP contribution is -2.30. The van der Waals surface area contributed by atoms with E-state index in [0.29, 0.717) is 6.10 Å². The molecule has 80 valence electrons. The highest BCUT2D eigenvalue weighted by Crippen LogP contribution is 2.20. The van der Waals surface area contributed by atoms with E-state index in [1.165, 1.54) is 25.7 Å². The van der Waals surface area contributed by atoms with Gasteiger partial charge in [0.1, 0.15) is 0 Å². The summed E-state index contributed by atoms with van der Waals surface area (Å²) in [4.78, 5) is 0. The fourth-order valence-electron chi connectivity index (χ4n) is 1.80. The van der Waals surface area contributed by atoms with Gasteiger partial charge in [-0.3, -0.25) is 5.32 Å². The van der Waals surface area contributed by atoms with Crippen LogP contribution < -0.4 is 5.32 Å². The third-order valence-corrected chi connectivity index (χ3v) is 2.71. The Kier molecular flexibility index (Phi) is 5.58. The summed E-state index contributed by atoms with van der Waals surface area (Å²) < 4.78 is 5.67. The van der Waals surface area contributed by atoms with Crippen LogP contribution in [-0.4, -0.2) is 25.3 Å². The van der Waals surface area contributed by atoms with Crippen LogP contribution in [0.25, 0.3) is 0 Å². The van der Waals surface area contributed by atoms with Gasteiger partial charge in [0.15, 0.2) is 0 Å². The average molecular weight is 196 g/mol. The van der Waals surface area contributed by atoms with Gasteiger partial charge in [-0.05, 0) is 19.3 Å². The summed E-state index contributed by atoms with van der Waals surface area (Å²) in [7, 11) is 0. The highest BCUT2D eigenvalue weighted by molar-refractivity contribution is 4.88. The van der Waals surface area contributed by atoms with E-state index < -0.39 is 0 Å². The van der Waals surface area contributed by atoms with Crippen LogP contribution in [0.1, 0.15) is 39.0 Å². The second-order valence-electron chi connectivity index (χ2n) is 3.82. The molecule has 0 heterocycles. The SMILES string of the molecule is CCC(C#N)NCCOC1CCCC1. The van der Waals surface area contributed by atoms with Gasteiger partial charge >= 0.3 is 0 Å². The third kappa shape index (κ3) is 4.08. The van der Waals surface area contributed by atoms with Crippen molar-refractivity contribution >= 4 is 0 Å². The summed E-state index contributed by atoms with van der Waals surface area (Å²) in [5.74, 6) is 0. The molecule has 1 aliphatic carbocycles. The maximum absolute atomic E-state index is 8.68. The predicted molar refractivity (Wildman–Crippen MR) is 55.9 cm³/mol. The van der Waals surface area contributed by atoms with E-state index >= 15 is 0 Å². The van der Waals surface area contributed by atoms with Crippen LogP contribution in [0.2, 0.25) is 0 Å². The Labute approximate surface area is 86.4 Å². The number of nitrogens with one attached hydrogen (secondary N) is 1. The fourth-order valence-corrected chi connectivity index (χ4v) is 1.80. The maximum atomic E-state index is 8.68. The monoisotopic (exact) mass is 196 g/mol. The molecule has 0 spiro atoms. The molecule has 0 aliphatic heterocycles. The van der Waals surface area contributed by atoms with Gasteiger partial charge in [0.05, 0.1) is 24.8 Å². The molecular formula is C11H20N2O. The van der Waals surface area contributed by atoms with Gasteiger partial charge in [0, 0.05) is 6.54 Å². The Bertz CT molecular complexity index is 182. The Balaban J connectivity index is 1.96. The molecule has 0 aromatic heterocycles. The average Bonchev–Trinajstić information content (AvgIpc) is 2.71. The molecular weight excluding hydrogens is 176 g/mol. The van der Waals surface area contributed by atoms with Crippen molar-refractivity contribution in [2.45, 2.75) is 51.2 Å². The van der Waals surface area contributed by atoms with Gasteiger partial charge in [0.25, 0.3) is 0 Å². The second kappa shape index (κ2) is 6.80. The summed E-state index contributed by atoms with van der Waals surface area (Å²) in [5.41, 5.74) is 0. The first-order valence-electron chi connectivity index (χ1n) is 5.61. The van der Waals surface area contributed by atoms with Gasteiger partial charge in [-0.15, -0.1) is 0 Å². The van der Waals surface area contributed by atoms with E-state index in [4.69, 9.17) is 10.00 Å². The number of nitriles is 1. The normalized spacial score (nSPS) is 19.4. The van der Waals surface area contributed by atoms with Crippen molar-refractivity contribution in [2.24, 2.45) is 0 Å². The summed E-state index contributed by atoms with van der Waals surface area (Å²) in [6, 6.07) is 2.20. The van der Waals surface area contributed by atoms with E-state index in [1.807, 2.05) is 6.92 Å². The minimum atomic E-state index is -0.0119. The maximum Gasteiger partial charge on any atom is 0.0951 e. The smallest absolute Gasteiger partial charge is 0.0951 e. The fraction of sp³-hybridized carbons (Fsp3) is 0.909. The zero-order chi connectivity index (χ0) is 10.2. The van der Waals surface area contributed by atoms with Crippen molar-refractivity contribution in [1.82, 2.24) is 5.32 Å². The summed E-state index contributed by atoms with van der Waals surface area (Å²) in [5, 5.41) is 11.8. The van der Waals surface area contributed by atoms with E-state index in [0.717, 1.165) is 19.6 Å².